The van der Waals surface area contributed by atoms with Crippen LogP contribution in [0.25, 0.3) is 11.3 Å². The van der Waals surface area contributed by atoms with E-state index in [-0.39, 0.29) is 24.3 Å². The van der Waals surface area contributed by atoms with E-state index >= 15 is 0 Å². The van der Waals surface area contributed by atoms with Crippen molar-refractivity contribution in [2.75, 3.05) is 12.4 Å². The zero-order valence-corrected chi connectivity index (χ0v) is 15.7. The Morgan fingerprint density at radius 2 is 2.04 bits per heavy atom. The second-order valence-corrected chi connectivity index (χ2v) is 6.88. The van der Waals surface area contributed by atoms with E-state index in [1.54, 1.807) is 7.11 Å². The molecule has 0 aliphatic carbocycles. The van der Waals surface area contributed by atoms with E-state index in [0.717, 1.165) is 29.3 Å². The molecule has 0 bridgehead atoms. The molecule has 7 heteroatoms. The highest BCUT2D eigenvalue weighted by Gasteiger charge is 2.13. The fourth-order valence-corrected chi connectivity index (χ4v) is 3.37. The first-order chi connectivity index (χ1) is 13.0. The van der Waals surface area contributed by atoms with Crippen LogP contribution in [-0.4, -0.2) is 18.0 Å². The molecule has 0 fully saturated rings. The minimum atomic E-state index is -0.525. The molecule has 4 nitrogen and oxygen atoms in total. The summed E-state index contributed by atoms with van der Waals surface area (Å²) in [6.45, 7) is 1.98. The number of nitrogens with zero attached hydrogens (tertiary/aromatic N) is 1. The van der Waals surface area contributed by atoms with Gasteiger partial charge in [0.15, 0.2) is 5.13 Å². The van der Waals surface area contributed by atoms with Crippen LogP contribution in [0.1, 0.15) is 17.5 Å². The van der Waals surface area contributed by atoms with Gasteiger partial charge >= 0.3 is 0 Å². The Labute approximate surface area is 159 Å². The Kier molecular flexibility index (Phi) is 5.81. The number of hydrogen-bond acceptors (Lipinski definition) is 4. The first-order valence-corrected chi connectivity index (χ1v) is 9.18. The summed E-state index contributed by atoms with van der Waals surface area (Å²) in [4.78, 5) is 16.5. The molecule has 0 radical (unpaired) electrons. The SMILES string of the molecule is COc1ccc(C)cc1-c1csc(NC(=O)CCc2cc(F)ccc2F)n1. The number of anilines is 1. The average molecular weight is 388 g/mol. The monoisotopic (exact) mass is 388 g/mol. The second kappa shape index (κ2) is 8.26. The van der Waals surface area contributed by atoms with Gasteiger partial charge in [0, 0.05) is 17.4 Å². The lowest BCUT2D eigenvalue weighted by Gasteiger charge is -2.07. The van der Waals surface area contributed by atoms with Crippen molar-refractivity contribution < 1.29 is 18.3 Å². The van der Waals surface area contributed by atoms with Crippen LogP contribution in [-0.2, 0) is 11.2 Å². The van der Waals surface area contributed by atoms with E-state index in [9.17, 15) is 13.6 Å². The Bertz CT molecular complexity index is 972. The Balaban J connectivity index is 1.66. The molecule has 1 heterocycles. The molecule has 3 rings (SSSR count). The molecule has 0 saturated heterocycles. The summed E-state index contributed by atoms with van der Waals surface area (Å²) in [7, 11) is 1.59. The molecule has 0 aliphatic rings. The number of nitrogens with one attached hydrogen (secondary N) is 1. The number of ether oxygens (including phenoxy) is 1. The highest BCUT2D eigenvalue weighted by Crippen LogP contribution is 2.33. The van der Waals surface area contributed by atoms with Gasteiger partial charge < -0.3 is 10.1 Å². The van der Waals surface area contributed by atoms with Gasteiger partial charge in [-0.25, -0.2) is 13.8 Å². The van der Waals surface area contributed by atoms with Gasteiger partial charge in [-0.1, -0.05) is 11.6 Å². The van der Waals surface area contributed by atoms with Crippen LogP contribution < -0.4 is 10.1 Å². The Morgan fingerprint density at radius 1 is 1.22 bits per heavy atom. The van der Waals surface area contributed by atoms with Crippen molar-refractivity contribution in [3.8, 4) is 17.0 Å². The summed E-state index contributed by atoms with van der Waals surface area (Å²) < 4.78 is 32.2. The summed E-state index contributed by atoms with van der Waals surface area (Å²) in [5.74, 6) is -0.656. The van der Waals surface area contributed by atoms with Gasteiger partial charge in [0.05, 0.1) is 12.8 Å². The van der Waals surface area contributed by atoms with Gasteiger partial charge in [0.2, 0.25) is 5.91 Å². The molecule has 1 amide bonds. The number of benzene rings is 2. The van der Waals surface area contributed by atoms with Crippen molar-refractivity contribution >= 4 is 22.4 Å². The Hall–Kier alpha value is -2.80. The zero-order chi connectivity index (χ0) is 19.4. The molecule has 0 saturated carbocycles. The third-order valence-corrected chi connectivity index (χ3v) is 4.77. The number of carbonyl (C=O) groups is 1. The molecule has 0 aliphatic heterocycles. The maximum Gasteiger partial charge on any atom is 0.226 e. The number of thiazole rings is 1. The largest absolute Gasteiger partial charge is 0.496 e. The molecule has 3 aromatic rings. The predicted octanol–water partition coefficient (Wildman–Crippen LogP) is 4.98. The number of hydrogen-bond donors (Lipinski definition) is 1. The third-order valence-electron chi connectivity index (χ3n) is 4.01. The normalized spacial score (nSPS) is 10.7. The molecule has 1 aromatic heterocycles. The first kappa shape index (κ1) is 19.0. The molecular weight excluding hydrogens is 370 g/mol. The summed E-state index contributed by atoms with van der Waals surface area (Å²) in [6.07, 6.45) is 0.141. The van der Waals surface area contributed by atoms with Gasteiger partial charge in [0.1, 0.15) is 17.4 Å². The molecule has 27 heavy (non-hydrogen) atoms. The summed E-state index contributed by atoms with van der Waals surface area (Å²) >= 11 is 1.29. The minimum Gasteiger partial charge on any atom is -0.496 e. The number of amides is 1. The lowest BCUT2D eigenvalue weighted by Crippen LogP contribution is -2.12. The molecule has 0 unspecified atom stereocenters. The number of halogens is 2. The van der Waals surface area contributed by atoms with Gasteiger partial charge in [-0.05, 0) is 49.2 Å². The Morgan fingerprint density at radius 3 is 2.81 bits per heavy atom. The topological polar surface area (TPSA) is 51.2 Å². The molecule has 0 atom stereocenters. The highest BCUT2D eigenvalue weighted by molar-refractivity contribution is 7.14. The number of rotatable bonds is 6. The lowest BCUT2D eigenvalue weighted by atomic mass is 10.1. The number of carbonyl (C=O) groups excluding carboxylic acids is 1. The number of aromatic nitrogens is 1. The van der Waals surface area contributed by atoms with E-state index in [2.05, 4.69) is 10.3 Å². The minimum absolute atomic E-state index is 0.0308. The van der Waals surface area contributed by atoms with Gasteiger partial charge in [-0.3, -0.25) is 4.79 Å². The first-order valence-electron chi connectivity index (χ1n) is 8.30. The van der Waals surface area contributed by atoms with E-state index in [1.165, 1.54) is 11.3 Å². The molecular formula is C20H18F2N2O2S. The van der Waals surface area contributed by atoms with Crippen molar-refractivity contribution in [1.82, 2.24) is 4.98 Å². The standard InChI is InChI=1S/C20H18F2N2O2S/c1-12-3-7-18(26-2)15(9-12)17-11-27-20(23-17)24-19(25)8-4-13-10-14(21)5-6-16(13)22/h3,5-7,9-11H,4,8H2,1-2H3,(H,23,24,25). The van der Waals surface area contributed by atoms with Crippen LogP contribution in [0.5, 0.6) is 5.75 Å². The zero-order valence-electron chi connectivity index (χ0n) is 14.9. The third kappa shape index (κ3) is 4.68. The maximum absolute atomic E-state index is 13.6. The van der Waals surface area contributed by atoms with Crippen molar-refractivity contribution in [2.24, 2.45) is 0 Å². The molecule has 0 spiro atoms. The lowest BCUT2D eigenvalue weighted by molar-refractivity contribution is -0.116. The van der Waals surface area contributed by atoms with Crippen molar-refractivity contribution in [1.29, 1.82) is 0 Å². The fourth-order valence-electron chi connectivity index (χ4n) is 2.64. The summed E-state index contributed by atoms with van der Waals surface area (Å²) in [5, 5.41) is 4.98. The van der Waals surface area contributed by atoms with Crippen molar-refractivity contribution in [3.05, 3.63) is 64.5 Å². The van der Waals surface area contributed by atoms with Gasteiger partial charge in [-0.15, -0.1) is 11.3 Å². The van der Waals surface area contributed by atoms with Gasteiger partial charge in [-0.2, -0.15) is 0 Å². The number of aryl methyl sites for hydroxylation is 2. The van der Waals surface area contributed by atoms with Crippen LogP contribution in [0.4, 0.5) is 13.9 Å². The fraction of sp³-hybridized carbons (Fsp3) is 0.200. The van der Waals surface area contributed by atoms with Crippen molar-refractivity contribution in [3.63, 3.8) is 0 Å². The summed E-state index contributed by atoms with van der Waals surface area (Å²) in [6, 6.07) is 9.00. The maximum atomic E-state index is 13.6. The van der Waals surface area contributed by atoms with Crippen LogP contribution in [0, 0.1) is 18.6 Å². The summed E-state index contributed by atoms with van der Waals surface area (Å²) in [5.41, 5.74) is 2.79. The quantitative estimate of drug-likeness (QED) is 0.648. The highest BCUT2D eigenvalue weighted by atomic mass is 32.1. The van der Waals surface area contributed by atoms with Crippen LogP contribution >= 0.6 is 11.3 Å². The van der Waals surface area contributed by atoms with Crippen molar-refractivity contribution in [2.45, 2.75) is 19.8 Å². The van der Waals surface area contributed by atoms with E-state index in [4.69, 9.17) is 4.74 Å². The van der Waals surface area contributed by atoms with Crippen LogP contribution in [0.3, 0.4) is 0 Å². The smallest absolute Gasteiger partial charge is 0.226 e. The average Bonchev–Trinajstić information content (AvgIpc) is 3.10. The van der Waals surface area contributed by atoms with E-state index < -0.39 is 11.6 Å². The molecule has 140 valence electrons. The molecule has 1 N–H and O–H groups in total. The molecule has 2 aromatic carbocycles. The predicted molar refractivity (Wildman–Crippen MR) is 102 cm³/mol. The van der Waals surface area contributed by atoms with E-state index in [1.807, 2.05) is 30.5 Å². The van der Waals surface area contributed by atoms with E-state index in [0.29, 0.717) is 16.6 Å². The van der Waals surface area contributed by atoms with Crippen LogP contribution in [0.15, 0.2) is 41.8 Å². The van der Waals surface area contributed by atoms with Crippen LogP contribution in [0.2, 0.25) is 0 Å². The second-order valence-electron chi connectivity index (χ2n) is 6.03. The van der Waals surface area contributed by atoms with Gasteiger partial charge in [0.25, 0.3) is 0 Å². The number of methoxy groups -OCH3 is 1.